The molecule has 0 aromatic carbocycles. The van der Waals surface area contributed by atoms with Crippen LogP contribution in [0.2, 0.25) is 0 Å². The highest BCUT2D eigenvalue weighted by molar-refractivity contribution is 5.67. The third-order valence-corrected chi connectivity index (χ3v) is 2.80. The van der Waals surface area contributed by atoms with Gasteiger partial charge in [0.05, 0.1) is 12.5 Å². The maximum atomic E-state index is 10.9. The van der Waals surface area contributed by atoms with Crippen LogP contribution < -0.4 is 0 Å². The van der Waals surface area contributed by atoms with Crippen molar-refractivity contribution in [3.63, 3.8) is 0 Å². The van der Waals surface area contributed by atoms with Gasteiger partial charge in [0.1, 0.15) is 6.54 Å². The largest absolute Gasteiger partial charge is 0.481 e. The lowest BCUT2D eigenvalue weighted by atomic mass is 10.1. The Kier molecular flexibility index (Phi) is 4.22. The molecule has 2 aromatic rings. The van der Waals surface area contributed by atoms with Crippen molar-refractivity contribution in [1.82, 2.24) is 30.0 Å². The Bertz CT molecular complexity index is 521. The van der Waals surface area contributed by atoms with E-state index in [4.69, 9.17) is 5.11 Å². The van der Waals surface area contributed by atoms with Crippen LogP contribution in [0.1, 0.15) is 38.1 Å². The summed E-state index contributed by atoms with van der Waals surface area (Å²) in [5.41, 5.74) is 0. The summed E-state index contributed by atoms with van der Waals surface area (Å²) in [7, 11) is 0. The second-order valence-electron chi connectivity index (χ2n) is 4.28. The minimum Gasteiger partial charge on any atom is -0.481 e. The van der Waals surface area contributed by atoms with Crippen molar-refractivity contribution >= 4 is 5.97 Å². The molecule has 0 aliphatic carbocycles. The summed E-state index contributed by atoms with van der Waals surface area (Å²) in [6, 6.07) is 1.60. The van der Waals surface area contributed by atoms with E-state index < -0.39 is 5.97 Å². The summed E-state index contributed by atoms with van der Waals surface area (Å²) < 4.78 is 3.30. The standard InChI is InChI=1S/C11H16N6O2/c1-2-4-9(7-11(18)19)17-10(13-14-15-17)8-16-6-3-5-12-16/h3,5-6,9H,2,4,7-8H2,1H3,(H,18,19). The second-order valence-corrected chi connectivity index (χ2v) is 4.28. The molecule has 0 bridgehead atoms. The minimum atomic E-state index is -0.848. The Morgan fingerprint density at radius 2 is 2.37 bits per heavy atom. The summed E-state index contributed by atoms with van der Waals surface area (Å²) >= 11 is 0. The fourth-order valence-electron chi connectivity index (χ4n) is 1.98. The molecule has 0 amide bonds. The Balaban J connectivity index is 2.18. The average molecular weight is 264 g/mol. The molecule has 0 spiro atoms. The highest BCUT2D eigenvalue weighted by atomic mass is 16.4. The van der Waals surface area contributed by atoms with Gasteiger partial charge in [-0.2, -0.15) is 5.10 Å². The van der Waals surface area contributed by atoms with Gasteiger partial charge in [-0.05, 0) is 22.9 Å². The Labute approximate surface area is 110 Å². The number of carboxylic acid groups (broad SMARTS) is 1. The van der Waals surface area contributed by atoms with Crippen molar-refractivity contribution in [2.24, 2.45) is 0 Å². The van der Waals surface area contributed by atoms with Crippen LogP contribution in [-0.2, 0) is 11.3 Å². The van der Waals surface area contributed by atoms with Gasteiger partial charge in [-0.15, -0.1) is 5.10 Å². The first kappa shape index (κ1) is 13.2. The molecule has 8 nitrogen and oxygen atoms in total. The molecule has 0 saturated carbocycles. The molecule has 19 heavy (non-hydrogen) atoms. The van der Waals surface area contributed by atoms with E-state index in [1.807, 2.05) is 19.2 Å². The quantitative estimate of drug-likeness (QED) is 0.791. The molecule has 1 N–H and O–H groups in total. The summed E-state index contributed by atoms with van der Waals surface area (Å²) in [4.78, 5) is 10.9. The van der Waals surface area contributed by atoms with Crippen molar-refractivity contribution in [3.8, 4) is 0 Å². The van der Waals surface area contributed by atoms with E-state index in [1.165, 1.54) is 0 Å². The van der Waals surface area contributed by atoms with E-state index in [-0.39, 0.29) is 12.5 Å². The zero-order valence-corrected chi connectivity index (χ0v) is 10.7. The van der Waals surface area contributed by atoms with E-state index >= 15 is 0 Å². The number of carboxylic acids is 1. The molecular weight excluding hydrogens is 248 g/mol. The van der Waals surface area contributed by atoms with Crippen LogP contribution in [0, 0.1) is 0 Å². The molecule has 2 aromatic heterocycles. The van der Waals surface area contributed by atoms with E-state index in [1.54, 1.807) is 15.6 Å². The van der Waals surface area contributed by atoms with Gasteiger partial charge in [0, 0.05) is 12.4 Å². The van der Waals surface area contributed by atoms with Crippen molar-refractivity contribution < 1.29 is 9.90 Å². The Hall–Kier alpha value is -2.25. The molecule has 0 radical (unpaired) electrons. The summed E-state index contributed by atoms with van der Waals surface area (Å²) in [5, 5.41) is 24.6. The zero-order chi connectivity index (χ0) is 13.7. The van der Waals surface area contributed by atoms with Gasteiger partial charge in [-0.3, -0.25) is 9.48 Å². The first-order valence-electron chi connectivity index (χ1n) is 6.16. The van der Waals surface area contributed by atoms with Crippen molar-refractivity contribution in [2.45, 2.75) is 38.8 Å². The third-order valence-electron chi connectivity index (χ3n) is 2.80. The van der Waals surface area contributed by atoms with Crippen LogP contribution in [0.15, 0.2) is 18.5 Å². The number of nitrogens with zero attached hydrogens (tertiary/aromatic N) is 6. The smallest absolute Gasteiger partial charge is 0.305 e. The van der Waals surface area contributed by atoms with Crippen LogP contribution in [-0.4, -0.2) is 41.1 Å². The van der Waals surface area contributed by atoms with Crippen LogP contribution in [0.25, 0.3) is 0 Å². The molecule has 0 aliphatic rings. The normalized spacial score (nSPS) is 12.5. The highest BCUT2D eigenvalue weighted by Gasteiger charge is 2.19. The number of hydrogen-bond donors (Lipinski definition) is 1. The lowest BCUT2D eigenvalue weighted by Gasteiger charge is -2.15. The highest BCUT2D eigenvalue weighted by Crippen LogP contribution is 2.18. The van der Waals surface area contributed by atoms with Crippen molar-refractivity contribution in [2.75, 3.05) is 0 Å². The Morgan fingerprint density at radius 1 is 1.53 bits per heavy atom. The molecule has 8 heteroatoms. The van der Waals surface area contributed by atoms with Gasteiger partial charge >= 0.3 is 5.97 Å². The van der Waals surface area contributed by atoms with Gasteiger partial charge in [-0.25, -0.2) is 4.68 Å². The predicted octanol–water partition coefficient (Wildman–Crippen LogP) is 0.734. The van der Waals surface area contributed by atoms with Crippen LogP contribution in [0.5, 0.6) is 0 Å². The fraction of sp³-hybridized carbons (Fsp3) is 0.545. The summed E-state index contributed by atoms with van der Waals surface area (Å²) in [5.74, 6) is -0.234. The number of aliphatic carboxylic acids is 1. The topological polar surface area (TPSA) is 98.7 Å². The Morgan fingerprint density at radius 3 is 3.00 bits per heavy atom. The number of carbonyl (C=O) groups is 1. The van der Waals surface area contributed by atoms with Gasteiger partial charge in [0.25, 0.3) is 0 Å². The van der Waals surface area contributed by atoms with E-state index in [0.29, 0.717) is 12.4 Å². The number of hydrogen-bond acceptors (Lipinski definition) is 5. The zero-order valence-electron chi connectivity index (χ0n) is 10.7. The molecular formula is C11H16N6O2. The SMILES string of the molecule is CCCC(CC(=O)O)n1nnnc1Cn1cccn1. The van der Waals surface area contributed by atoms with Crippen molar-refractivity contribution in [1.29, 1.82) is 0 Å². The number of tetrazole rings is 1. The fourth-order valence-corrected chi connectivity index (χ4v) is 1.98. The second kappa shape index (κ2) is 6.07. The van der Waals surface area contributed by atoms with E-state index in [0.717, 1.165) is 12.8 Å². The van der Waals surface area contributed by atoms with Crippen LogP contribution >= 0.6 is 0 Å². The first-order valence-corrected chi connectivity index (χ1v) is 6.16. The molecule has 0 aliphatic heterocycles. The van der Waals surface area contributed by atoms with Gasteiger partial charge < -0.3 is 5.11 Å². The van der Waals surface area contributed by atoms with Gasteiger partial charge in [0.15, 0.2) is 5.82 Å². The maximum Gasteiger partial charge on any atom is 0.305 e. The van der Waals surface area contributed by atoms with Crippen molar-refractivity contribution in [3.05, 3.63) is 24.3 Å². The summed E-state index contributed by atoms with van der Waals surface area (Å²) in [6.45, 7) is 2.44. The maximum absolute atomic E-state index is 10.9. The monoisotopic (exact) mass is 264 g/mol. The minimum absolute atomic E-state index is 0.0188. The molecule has 2 rings (SSSR count). The first-order chi connectivity index (χ1) is 9.20. The molecule has 2 heterocycles. The van der Waals surface area contributed by atoms with E-state index in [2.05, 4.69) is 20.6 Å². The predicted molar refractivity (Wildman–Crippen MR) is 65.3 cm³/mol. The lowest BCUT2D eigenvalue weighted by Crippen LogP contribution is -2.19. The molecule has 102 valence electrons. The number of rotatable bonds is 7. The average Bonchev–Trinajstić information content (AvgIpc) is 3.00. The molecule has 0 saturated heterocycles. The lowest BCUT2D eigenvalue weighted by molar-refractivity contribution is -0.138. The van der Waals surface area contributed by atoms with Gasteiger partial charge in [0.2, 0.25) is 0 Å². The third kappa shape index (κ3) is 3.36. The number of aromatic nitrogens is 6. The van der Waals surface area contributed by atoms with E-state index in [9.17, 15) is 4.79 Å². The molecule has 1 unspecified atom stereocenters. The van der Waals surface area contributed by atoms with Crippen LogP contribution in [0.3, 0.4) is 0 Å². The van der Waals surface area contributed by atoms with Crippen LogP contribution in [0.4, 0.5) is 0 Å². The molecule has 1 atom stereocenters. The summed E-state index contributed by atoms with van der Waals surface area (Å²) in [6.07, 6.45) is 5.10. The van der Waals surface area contributed by atoms with Gasteiger partial charge in [-0.1, -0.05) is 13.3 Å². The molecule has 0 fully saturated rings.